The molecule has 0 atom stereocenters. The van der Waals surface area contributed by atoms with Gasteiger partial charge in [-0.25, -0.2) is 4.98 Å². The van der Waals surface area contributed by atoms with Gasteiger partial charge in [0.2, 0.25) is 0 Å². The smallest absolute Gasteiger partial charge is 0.383 e. The summed E-state index contributed by atoms with van der Waals surface area (Å²) in [6.45, 7) is 0. The Morgan fingerprint density at radius 1 is 1.30 bits per heavy atom. The molecule has 3 aromatic heterocycles. The second-order valence-electron chi connectivity index (χ2n) is 3.93. The average Bonchev–Trinajstić information content (AvgIpc) is 2.91. The molecule has 104 valence electrons. The normalized spacial score (nSPS) is 12.2. The van der Waals surface area contributed by atoms with Crippen molar-refractivity contribution in [3.63, 3.8) is 0 Å². The summed E-state index contributed by atoms with van der Waals surface area (Å²) in [5.41, 5.74) is 4.37. The third kappa shape index (κ3) is 1.92. The molecular formula is C10H6BrF3N6. The quantitative estimate of drug-likeness (QED) is 0.708. The van der Waals surface area contributed by atoms with Crippen molar-refractivity contribution in [1.29, 1.82) is 0 Å². The number of nitrogens with one attached hydrogen (secondary N) is 1. The molecule has 0 spiro atoms. The van der Waals surface area contributed by atoms with E-state index in [1.54, 1.807) is 6.07 Å². The number of halogens is 4. The van der Waals surface area contributed by atoms with Gasteiger partial charge in [0.25, 0.3) is 0 Å². The van der Waals surface area contributed by atoms with E-state index in [0.29, 0.717) is 4.47 Å². The molecule has 0 amide bonds. The predicted molar refractivity (Wildman–Crippen MR) is 68.1 cm³/mol. The Labute approximate surface area is 117 Å². The minimum absolute atomic E-state index is 0.0235. The predicted octanol–water partition coefficient (Wildman–Crippen LogP) is 2.51. The summed E-state index contributed by atoms with van der Waals surface area (Å²) in [5, 5.41) is 9.34. The topological polar surface area (TPSA) is 85.4 Å². The van der Waals surface area contributed by atoms with E-state index in [1.807, 2.05) is 0 Å². The highest BCUT2D eigenvalue weighted by atomic mass is 79.9. The Balaban J connectivity index is 2.29. The van der Waals surface area contributed by atoms with Crippen LogP contribution in [0.2, 0.25) is 0 Å². The Bertz CT molecular complexity index is 773. The second kappa shape index (κ2) is 4.20. The highest BCUT2D eigenvalue weighted by molar-refractivity contribution is 9.10. The van der Waals surface area contributed by atoms with Crippen LogP contribution in [0.25, 0.3) is 16.9 Å². The van der Waals surface area contributed by atoms with E-state index in [2.05, 4.69) is 36.2 Å². The van der Waals surface area contributed by atoms with Gasteiger partial charge in [-0.05, 0) is 28.1 Å². The van der Waals surface area contributed by atoms with Crippen molar-refractivity contribution in [2.45, 2.75) is 6.18 Å². The monoisotopic (exact) mass is 346 g/mol. The lowest BCUT2D eigenvalue weighted by atomic mass is 10.3. The van der Waals surface area contributed by atoms with Gasteiger partial charge < -0.3 is 5.73 Å². The van der Waals surface area contributed by atoms with Crippen molar-refractivity contribution in [1.82, 2.24) is 25.0 Å². The lowest BCUT2D eigenvalue weighted by Crippen LogP contribution is -2.09. The van der Waals surface area contributed by atoms with E-state index in [-0.39, 0.29) is 22.7 Å². The van der Waals surface area contributed by atoms with E-state index >= 15 is 0 Å². The van der Waals surface area contributed by atoms with Gasteiger partial charge in [0.05, 0.1) is 5.39 Å². The third-order valence-corrected chi connectivity index (χ3v) is 3.08. The number of H-pyrrole nitrogens is 1. The molecule has 3 heterocycles. The molecule has 0 aliphatic heterocycles. The summed E-state index contributed by atoms with van der Waals surface area (Å²) in [6, 6.07) is 3.15. The molecule has 0 saturated heterocycles. The Kier molecular flexibility index (Phi) is 2.71. The summed E-state index contributed by atoms with van der Waals surface area (Å²) in [6.07, 6.45) is -3.18. The van der Waals surface area contributed by atoms with Crippen LogP contribution in [0.5, 0.6) is 0 Å². The molecule has 20 heavy (non-hydrogen) atoms. The summed E-state index contributed by atoms with van der Waals surface area (Å²) < 4.78 is 40.6. The summed E-state index contributed by atoms with van der Waals surface area (Å²) >= 11 is 3.19. The van der Waals surface area contributed by atoms with Crippen LogP contribution in [0.4, 0.5) is 19.0 Å². The van der Waals surface area contributed by atoms with Gasteiger partial charge in [0.15, 0.2) is 17.2 Å². The minimum Gasteiger partial charge on any atom is -0.383 e. The molecule has 3 rings (SSSR count). The SMILES string of the molecule is Nc1[nH]nc2c1c(C(F)(F)F)nn2-c1ccc(Br)cn1. The number of aromatic amines is 1. The molecule has 0 saturated carbocycles. The van der Waals surface area contributed by atoms with Crippen molar-refractivity contribution >= 4 is 32.8 Å². The summed E-state index contributed by atoms with van der Waals surface area (Å²) in [5.74, 6) is 0.0240. The molecule has 0 unspecified atom stereocenters. The molecule has 0 aromatic carbocycles. The minimum atomic E-state index is -4.63. The average molecular weight is 347 g/mol. The van der Waals surface area contributed by atoms with E-state index in [9.17, 15) is 13.2 Å². The first-order chi connectivity index (χ1) is 9.38. The van der Waals surface area contributed by atoms with Gasteiger partial charge >= 0.3 is 6.18 Å². The number of nitrogens with zero attached hydrogens (tertiary/aromatic N) is 4. The molecule has 0 radical (unpaired) electrons. The first-order valence-corrected chi connectivity index (χ1v) is 6.09. The maximum absolute atomic E-state index is 13.0. The highest BCUT2D eigenvalue weighted by Crippen LogP contribution is 2.36. The van der Waals surface area contributed by atoms with Crippen molar-refractivity contribution in [3.8, 4) is 5.82 Å². The molecule has 0 fully saturated rings. The van der Waals surface area contributed by atoms with Gasteiger partial charge in [0, 0.05) is 10.7 Å². The van der Waals surface area contributed by atoms with Crippen LogP contribution in [0.3, 0.4) is 0 Å². The van der Waals surface area contributed by atoms with Gasteiger partial charge in [-0.1, -0.05) is 0 Å². The lowest BCUT2D eigenvalue weighted by Gasteiger charge is -2.03. The van der Waals surface area contributed by atoms with Crippen LogP contribution in [0.1, 0.15) is 5.69 Å². The Hall–Kier alpha value is -2.10. The zero-order valence-corrected chi connectivity index (χ0v) is 11.2. The van der Waals surface area contributed by atoms with Crippen LogP contribution in [-0.2, 0) is 6.18 Å². The number of hydrogen-bond acceptors (Lipinski definition) is 4. The van der Waals surface area contributed by atoms with Crippen molar-refractivity contribution in [2.75, 3.05) is 5.73 Å². The number of rotatable bonds is 1. The first kappa shape index (κ1) is 12.9. The van der Waals surface area contributed by atoms with Crippen LogP contribution in [-0.4, -0.2) is 25.0 Å². The number of nitrogens with two attached hydrogens (primary N) is 1. The van der Waals surface area contributed by atoms with Gasteiger partial charge in [-0.15, -0.1) is 0 Å². The van der Waals surface area contributed by atoms with Gasteiger partial charge in [0.1, 0.15) is 5.82 Å². The number of nitrogen functional groups attached to an aromatic ring is 1. The van der Waals surface area contributed by atoms with E-state index in [0.717, 1.165) is 4.68 Å². The van der Waals surface area contributed by atoms with Crippen molar-refractivity contribution < 1.29 is 13.2 Å². The summed E-state index contributed by atoms with van der Waals surface area (Å²) in [7, 11) is 0. The molecule has 6 nitrogen and oxygen atoms in total. The van der Waals surface area contributed by atoms with E-state index in [1.165, 1.54) is 12.3 Å². The highest BCUT2D eigenvalue weighted by Gasteiger charge is 2.39. The van der Waals surface area contributed by atoms with Crippen molar-refractivity contribution in [2.24, 2.45) is 0 Å². The molecule has 0 aliphatic carbocycles. The largest absolute Gasteiger partial charge is 0.436 e. The maximum Gasteiger partial charge on any atom is 0.436 e. The zero-order chi connectivity index (χ0) is 14.5. The second-order valence-corrected chi connectivity index (χ2v) is 4.84. The fraction of sp³-hybridized carbons (Fsp3) is 0.100. The molecule has 3 aromatic rings. The van der Waals surface area contributed by atoms with Gasteiger partial charge in [-0.2, -0.15) is 28.1 Å². The first-order valence-electron chi connectivity index (χ1n) is 5.29. The molecule has 10 heteroatoms. The van der Waals surface area contributed by atoms with Crippen LogP contribution in [0.15, 0.2) is 22.8 Å². The fourth-order valence-electron chi connectivity index (χ4n) is 1.78. The van der Waals surface area contributed by atoms with Crippen LogP contribution >= 0.6 is 15.9 Å². The van der Waals surface area contributed by atoms with E-state index in [4.69, 9.17) is 5.73 Å². The van der Waals surface area contributed by atoms with Crippen LogP contribution in [0, 0.1) is 0 Å². The lowest BCUT2D eigenvalue weighted by molar-refractivity contribution is -0.140. The zero-order valence-electron chi connectivity index (χ0n) is 9.61. The molecule has 0 aliphatic rings. The number of pyridine rings is 1. The van der Waals surface area contributed by atoms with Crippen molar-refractivity contribution in [3.05, 3.63) is 28.5 Å². The Morgan fingerprint density at radius 3 is 2.65 bits per heavy atom. The summed E-state index contributed by atoms with van der Waals surface area (Å²) in [4.78, 5) is 3.99. The molecule has 3 N–H and O–H groups in total. The van der Waals surface area contributed by atoms with E-state index < -0.39 is 11.9 Å². The standard InChI is InChI=1S/C10H6BrF3N6/c11-4-1-2-5(16-3-4)20-9-6(8(15)17-18-9)7(19-20)10(12,13)14/h1-3H,(H3,15,17,18). The maximum atomic E-state index is 13.0. The number of fused-ring (bicyclic) bond motifs is 1. The number of anilines is 1. The number of hydrogen-bond donors (Lipinski definition) is 2. The van der Waals surface area contributed by atoms with Crippen LogP contribution < -0.4 is 5.73 Å². The van der Waals surface area contributed by atoms with Gasteiger partial charge in [-0.3, -0.25) is 5.10 Å². The third-order valence-electron chi connectivity index (χ3n) is 2.61. The molecule has 0 bridgehead atoms. The number of alkyl halides is 3. The number of aromatic nitrogens is 5. The fourth-order valence-corrected chi connectivity index (χ4v) is 2.02. The Morgan fingerprint density at radius 2 is 2.05 bits per heavy atom. The molecular weight excluding hydrogens is 341 g/mol.